The number of nitrogens with zero attached hydrogens (tertiary/aromatic N) is 1. The molecule has 2 amide bonds. The molecule has 1 atom stereocenters. The van der Waals surface area contributed by atoms with Crippen molar-refractivity contribution in [3.8, 4) is 0 Å². The minimum absolute atomic E-state index is 0.0470. The smallest absolute Gasteiger partial charge is 0.315 e. The molecule has 0 saturated heterocycles. The van der Waals surface area contributed by atoms with Gasteiger partial charge in [0.15, 0.2) is 0 Å². The summed E-state index contributed by atoms with van der Waals surface area (Å²) in [5, 5.41) is 18.5. The Morgan fingerprint density at radius 2 is 2.09 bits per heavy atom. The predicted molar refractivity (Wildman–Crippen MR) is 89.6 cm³/mol. The number of pyridine rings is 1. The van der Waals surface area contributed by atoms with Crippen molar-refractivity contribution in [2.75, 3.05) is 25.0 Å². The molecule has 6 nitrogen and oxygen atoms in total. The molecule has 0 aliphatic rings. The lowest BCUT2D eigenvalue weighted by Crippen LogP contribution is -2.46. The van der Waals surface area contributed by atoms with E-state index in [1.54, 1.807) is 6.07 Å². The van der Waals surface area contributed by atoms with Crippen molar-refractivity contribution in [1.29, 1.82) is 0 Å². The third-order valence-corrected chi connectivity index (χ3v) is 3.57. The van der Waals surface area contributed by atoms with Gasteiger partial charge in [-0.3, -0.25) is 0 Å². The fraction of sp³-hybridized carbons (Fsp3) is 0.571. The first-order valence-electron chi connectivity index (χ1n) is 7.14. The number of amides is 2. The van der Waals surface area contributed by atoms with Crippen LogP contribution in [0, 0.1) is 5.92 Å². The Balaban J connectivity index is 2.30. The third-order valence-electron chi connectivity index (χ3n) is 3.07. The minimum atomic E-state index is -0.260. The zero-order valence-corrected chi connectivity index (χ0v) is 14.2. The van der Waals surface area contributed by atoms with Crippen LogP contribution in [0.1, 0.15) is 20.3 Å². The molecule has 1 unspecified atom stereocenters. The Morgan fingerprint density at radius 1 is 1.36 bits per heavy atom. The van der Waals surface area contributed by atoms with Crippen LogP contribution in [0.2, 0.25) is 10.0 Å². The van der Waals surface area contributed by atoms with Gasteiger partial charge in [-0.15, -0.1) is 0 Å². The molecule has 1 aromatic heterocycles. The molecule has 0 radical (unpaired) electrons. The summed E-state index contributed by atoms with van der Waals surface area (Å²) < 4.78 is 0. The summed E-state index contributed by atoms with van der Waals surface area (Å²) in [7, 11) is 0. The Hall–Kier alpha value is -1.24. The average Bonchev–Trinajstić information content (AvgIpc) is 2.44. The lowest BCUT2D eigenvalue weighted by atomic mass is 10.0. The van der Waals surface area contributed by atoms with E-state index >= 15 is 0 Å². The number of aromatic nitrogens is 1. The number of urea groups is 1. The topological polar surface area (TPSA) is 86.3 Å². The maximum atomic E-state index is 11.8. The van der Waals surface area contributed by atoms with Crippen LogP contribution < -0.4 is 16.0 Å². The van der Waals surface area contributed by atoms with E-state index in [1.165, 1.54) is 6.20 Å². The van der Waals surface area contributed by atoms with Crippen LogP contribution in [-0.4, -0.2) is 41.9 Å². The molecular weight excluding hydrogens is 327 g/mol. The number of aliphatic hydroxyl groups is 1. The largest absolute Gasteiger partial charge is 0.396 e. The minimum Gasteiger partial charge on any atom is -0.396 e. The van der Waals surface area contributed by atoms with Crippen molar-refractivity contribution in [2.24, 2.45) is 5.92 Å². The van der Waals surface area contributed by atoms with E-state index in [9.17, 15) is 4.79 Å². The molecule has 1 aromatic rings. The number of rotatable bonds is 8. The predicted octanol–water partition coefficient (Wildman–Crippen LogP) is 2.51. The molecule has 124 valence electrons. The van der Waals surface area contributed by atoms with Gasteiger partial charge in [0.2, 0.25) is 0 Å². The van der Waals surface area contributed by atoms with Gasteiger partial charge in [0.05, 0.1) is 10.0 Å². The summed E-state index contributed by atoms with van der Waals surface area (Å²) in [6.45, 7) is 4.93. The molecule has 8 heteroatoms. The van der Waals surface area contributed by atoms with Gasteiger partial charge >= 0.3 is 6.03 Å². The molecule has 0 bridgehead atoms. The number of aliphatic hydroxyl groups excluding tert-OH is 1. The van der Waals surface area contributed by atoms with Crippen LogP contribution in [-0.2, 0) is 0 Å². The third kappa shape index (κ3) is 6.68. The fourth-order valence-electron chi connectivity index (χ4n) is 1.83. The van der Waals surface area contributed by atoms with Gasteiger partial charge in [0.25, 0.3) is 0 Å². The van der Waals surface area contributed by atoms with Crippen LogP contribution >= 0.6 is 23.2 Å². The summed E-state index contributed by atoms with van der Waals surface area (Å²) >= 11 is 11.7. The lowest BCUT2D eigenvalue weighted by molar-refractivity contribution is 0.219. The molecular formula is C14H22Cl2N4O2. The molecule has 0 aromatic carbocycles. The Kier molecular flexibility index (Phi) is 8.30. The molecule has 0 aliphatic carbocycles. The summed E-state index contributed by atoms with van der Waals surface area (Å²) in [5.74, 6) is 0.779. The van der Waals surface area contributed by atoms with E-state index in [0.29, 0.717) is 35.4 Å². The van der Waals surface area contributed by atoms with E-state index in [1.807, 2.05) is 13.8 Å². The van der Waals surface area contributed by atoms with Crippen molar-refractivity contribution in [1.82, 2.24) is 15.6 Å². The quantitative estimate of drug-likeness (QED) is 0.543. The highest BCUT2D eigenvalue weighted by atomic mass is 35.5. The molecule has 22 heavy (non-hydrogen) atoms. The van der Waals surface area contributed by atoms with Crippen molar-refractivity contribution in [3.05, 3.63) is 22.3 Å². The Labute approximate surface area is 140 Å². The lowest BCUT2D eigenvalue weighted by Gasteiger charge is -2.21. The maximum Gasteiger partial charge on any atom is 0.315 e. The summed E-state index contributed by atoms with van der Waals surface area (Å²) in [5.41, 5.74) is 0. The molecule has 1 heterocycles. The number of anilines is 1. The van der Waals surface area contributed by atoms with Crippen LogP contribution in [0.5, 0.6) is 0 Å². The molecule has 4 N–H and O–H groups in total. The standard InChI is InChI=1S/C14H22Cl2N4O2/c1-9(2)12(3-6-21)20-14(22)18-5-4-17-13-11(16)7-10(15)8-19-13/h7-9,12,21H,3-6H2,1-2H3,(H,17,19)(H2,18,20,22). The highest BCUT2D eigenvalue weighted by Crippen LogP contribution is 2.21. The highest BCUT2D eigenvalue weighted by molar-refractivity contribution is 6.35. The summed E-state index contributed by atoms with van der Waals surface area (Å²) in [6, 6.07) is 1.29. The van der Waals surface area contributed by atoms with E-state index in [2.05, 4.69) is 20.9 Å². The van der Waals surface area contributed by atoms with Gasteiger partial charge in [0, 0.05) is 31.9 Å². The van der Waals surface area contributed by atoms with Crippen LogP contribution in [0.3, 0.4) is 0 Å². The van der Waals surface area contributed by atoms with E-state index in [0.717, 1.165) is 0 Å². The number of hydrogen-bond donors (Lipinski definition) is 4. The van der Waals surface area contributed by atoms with E-state index < -0.39 is 0 Å². The maximum absolute atomic E-state index is 11.8. The van der Waals surface area contributed by atoms with Crippen molar-refractivity contribution >= 4 is 35.1 Å². The number of halogens is 2. The van der Waals surface area contributed by atoms with Gasteiger partial charge in [0.1, 0.15) is 5.82 Å². The van der Waals surface area contributed by atoms with Crippen molar-refractivity contribution in [2.45, 2.75) is 26.3 Å². The first kappa shape index (κ1) is 18.8. The number of nitrogens with one attached hydrogen (secondary N) is 3. The second-order valence-electron chi connectivity index (χ2n) is 5.17. The zero-order valence-electron chi connectivity index (χ0n) is 12.7. The fourth-order valence-corrected chi connectivity index (χ4v) is 2.28. The van der Waals surface area contributed by atoms with Gasteiger partial charge < -0.3 is 21.1 Å². The number of hydrogen-bond acceptors (Lipinski definition) is 4. The Bertz CT molecular complexity index is 486. The second kappa shape index (κ2) is 9.71. The van der Waals surface area contributed by atoms with Crippen molar-refractivity contribution < 1.29 is 9.90 Å². The average molecular weight is 349 g/mol. The van der Waals surface area contributed by atoms with Crippen LogP contribution in [0.15, 0.2) is 12.3 Å². The first-order valence-corrected chi connectivity index (χ1v) is 7.89. The summed E-state index contributed by atoms with van der Waals surface area (Å²) in [6.07, 6.45) is 2.03. The Morgan fingerprint density at radius 3 is 2.68 bits per heavy atom. The van der Waals surface area contributed by atoms with Gasteiger partial charge in [-0.2, -0.15) is 0 Å². The van der Waals surface area contributed by atoms with Crippen LogP contribution in [0.4, 0.5) is 10.6 Å². The molecule has 0 saturated carbocycles. The molecule has 0 fully saturated rings. The van der Waals surface area contributed by atoms with Gasteiger partial charge in [-0.05, 0) is 18.4 Å². The first-order chi connectivity index (χ1) is 10.4. The number of carbonyl (C=O) groups is 1. The molecule has 0 spiro atoms. The monoisotopic (exact) mass is 348 g/mol. The normalized spacial score (nSPS) is 12.1. The highest BCUT2D eigenvalue weighted by Gasteiger charge is 2.15. The second-order valence-corrected chi connectivity index (χ2v) is 6.02. The van der Waals surface area contributed by atoms with Gasteiger partial charge in [-0.1, -0.05) is 37.0 Å². The van der Waals surface area contributed by atoms with Crippen molar-refractivity contribution in [3.63, 3.8) is 0 Å². The van der Waals surface area contributed by atoms with E-state index in [-0.39, 0.29) is 24.6 Å². The van der Waals surface area contributed by atoms with E-state index in [4.69, 9.17) is 28.3 Å². The summed E-state index contributed by atoms with van der Waals surface area (Å²) in [4.78, 5) is 15.8. The molecule has 0 aliphatic heterocycles. The SMILES string of the molecule is CC(C)C(CCO)NC(=O)NCCNc1ncc(Cl)cc1Cl. The van der Waals surface area contributed by atoms with Crippen LogP contribution in [0.25, 0.3) is 0 Å². The van der Waals surface area contributed by atoms with Gasteiger partial charge in [-0.25, -0.2) is 9.78 Å². The number of carbonyl (C=O) groups excluding carboxylic acids is 1. The molecule has 1 rings (SSSR count). The zero-order chi connectivity index (χ0) is 16.5.